The lowest BCUT2D eigenvalue weighted by molar-refractivity contribution is -0.121. The Labute approximate surface area is 179 Å². The monoisotopic (exact) mass is 414 g/mol. The second-order valence-corrected chi connectivity index (χ2v) is 10.5. The minimum absolute atomic E-state index is 0.0981. The third-order valence-electron chi connectivity index (χ3n) is 5.70. The topological polar surface area (TPSA) is 59.8 Å². The van der Waals surface area contributed by atoms with Crippen molar-refractivity contribution in [3.8, 4) is 11.4 Å². The second-order valence-electron chi connectivity index (χ2n) is 9.15. The van der Waals surface area contributed by atoms with E-state index in [9.17, 15) is 4.79 Å². The highest BCUT2D eigenvalue weighted by Crippen LogP contribution is 2.28. The van der Waals surface area contributed by atoms with Crippen LogP contribution in [0.3, 0.4) is 0 Å². The third-order valence-corrected chi connectivity index (χ3v) is 6.83. The molecule has 1 aliphatic rings. The molecule has 0 bridgehead atoms. The van der Waals surface area contributed by atoms with Gasteiger partial charge in [0.1, 0.15) is 0 Å². The number of carbonyl (C=O) groups excluding carboxylic acids is 1. The maximum atomic E-state index is 12.7. The molecule has 1 aromatic carbocycles. The summed E-state index contributed by atoms with van der Waals surface area (Å²) in [6.45, 7) is 8.57. The van der Waals surface area contributed by atoms with Crippen LogP contribution in [0.25, 0.3) is 11.4 Å². The molecule has 1 amide bonds. The fourth-order valence-corrected chi connectivity index (χ4v) is 4.57. The fraction of sp³-hybridized carbons (Fsp3) is 0.609. The molecule has 6 heteroatoms. The van der Waals surface area contributed by atoms with Crippen LogP contribution in [0, 0.1) is 0 Å². The summed E-state index contributed by atoms with van der Waals surface area (Å²) >= 11 is 1.47. The summed E-state index contributed by atoms with van der Waals surface area (Å²) in [6.07, 6.45) is 7.20. The van der Waals surface area contributed by atoms with Crippen LogP contribution in [0.2, 0.25) is 0 Å². The molecule has 0 radical (unpaired) electrons. The van der Waals surface area contributed by atoms with E-state index in [1.165, 1.54) is 43.0 Å². The summed E-state index contributed by atoms with van der Waals surface area (Å²) < 4.78 is 1.98. The van der Waals surface area contributed by atoms with Crippen LogP contribution in [0.1, 0.15) is 71.8 Å². The summed E-state index contributed by atoms with van der Waals surface area (Å²) in [5.74, 6) is 0.922. The van der Waals surface area contributed by atoms with E-state index < -0.39 is 0 Å². The summed E-state index contributed by atoms with van der Waals surface area (Å²) in [5.41, 5.74) is 2.46. The molecule has 1 saturated carbocycles. The van der Waals surface area contributed by atoms with Gasteiger partial charge in [-0.2, -0.15) is 0 Å². The quantitative estimate of drug-likeness (QED) is 0.546. The van der Waals surface area contributed by atoms with Crippen molar-refractivity contribution < 1.29 is 4.79 Å². The molecule has 1 heterocycles. The van der Waals surface area contributed by atoms with E-state index in [1.807, 2.05) is 18.5 Å². The number of nitrogens with one attached hydrogen (secondary N) is 1. The first-order chi connectivity index (χ1) is 13.8. The van der Waals surface area contributed by atoms with E-state index in [1.54, 1.807) is 0 Å². The van der Waals surface area contributed by atoms with Crippen molar-refractivity contribution in [1.82, 2.24) is 20.1 Å². The van der Waals surface area contributed by atoms with Gasteiger partial charge in [-0.05, 0) is 30.7 Å². The molecular weight excluding hydrogens is 380 g/mol. The standard InChI is InChI=1S/C23H34N4OS/c1-16(21(28)24-19-10-8-6-7-9-11-19)29-22-26-25-20(27(22)5)17-12-14-18(15-13-17)23(2,3)4/h12-16,19H,6-11H2,1-5H3,(H,24,28)/t16-/m0/s1. The van der Waals surface area contributed by atoms with E-state index >= 15 is 0 Å². The average Bonchev–Trinajstić information content (AvgIpc) is 2.87. The smallest absolute Gasteiger partial charge is 0.233 e. The summed E-state index contributed by atoms with van der Waals surface area (Å²) in [6, 6.07) is 8.83. The Morgan fingerprint density at radius 2 is 1.72 bits per heavy atom. The molecule has 2 aromatic rings. The predicted molar refractivity (Wildman–Crippen MR) is 120 cm³/mol. The molecule has 3 rings (SSSR count). The molecule has 29 heavy (non-hydrogen) atoms. The van der Waals surface area contributed by atoms with Gasteiger partial charge in [0.25, 0.3) is 0 Å². The summed E-state index contributed by atoms with van der Waals surface area (Å²) in [7, 11) is 1.96. The van der Waals surface area contributed by atoms with Gasteiger partial charge in [0.2, 0.25) is 5.91 Å². The molecule has 0 aliphatic heterocycles. The number of aromatic nitrogens is 3. The molecule has 1 aliphatic carbocycles. The van der Waals surface area contributed by atoms with E-state index in [4.69, 9.17) is 0 Å². The maximum Gasteiger partial charge on any atom is 0.233 e. The van der Waals surface area contributed by atoms with Gasteiger partial charge in [-0.15, -0.1) is 10.2 Å². The SMILES string of the molecule is C[C@H](Sc1nnc(-c2ccc(C(C)(C)C)cc2)n1C)C(=O)NC1CCCCCC1. The van der Waals surface area contributed by atoms with Crippen molar-refractivity contribution in [2.45, 2.75) is 88.1 Å². The molecular formula is C23H34N4OS. The summed E-state index contributed by atoms with van der Waals surface area (Å²) in [5, 5.41) is 12.5. The Morgan fingerprint density at radius 3 is 2.31 bits per heavy atom. The molecule has 1 N–H and O–H groups in total. The van der Waals surface area contributed by atoms with Crippen LogP contribution in [0.4, 0.5) is 0 Å². The first-order valence-electron chi connectivity index (χ1n) is 10.7. The summed E-state index contributed by atoms with van der Waals surface area (Å²) in [4.78, 5) is 12.7. The molecule has 0 unspecified atom stereocenters. The van der Waals surface area contributed by atoms with Gasteiger partial charge in [0.05, 0.1) is 5.25 Å². The molecule has 5 nitrogen and oxygen atoms in total. The molecule has 0 spiro atoms. The Balaban J connectivity index is 1.65. The van der Waals surface area contributed by atoms with E-state index in [2.05, 4.69) is 60.6 Å². The van der Waals surface area contributed by atoms with E-state index in [0.29, 0.717) is 6.04 Å². The van der Waals surface area contributed by atoms with Crippen LogP contribution in [-0.4, -0.2) is 32.0 Å². The average molecular weight is 415 g/mol. The normalized spacial score (nSPS) is 17.0. The lowest BCUT2D eigenvalue weighted by Gasteiger charge is -2.19. The molecule has 158 valence electrons. The van der Waals surface area contributed by atoms with Gasteiger partial charge in [0.15, 0.2) is 11.0 Å². The first-order valence-corrected chi connectivity index (χ1v) is 11.6. The van der Waals surface area contributed by atoms with Crippen LogP contribution in [0.5, 0.6) is 0 Å². The zero-order valence-electron chi connectivity index (χ0n) is 18.4. The van der Waals surface area contributed by atoms with Crippen molar-refractivity contribution in [2.24, 2.45) is 7.05 Å². The van der Waals surface area contributed by atoms with Crippen molar-refractivity contribution >= 4 is 17.7 Å². The highest BCUT2D eigenvalue weighted by molar-refractivity contribution is 8.00. The van der Waals surface area contributed by atoms with Crippen molar-refractivity contribution in [3.63, 3.8) is 0 Å². The third kappa shape index (κ3) is 5.62. The Bertz CT molecular complexity index is 814. The zero-order chi connectivity index (χ0) is 21.0. The highest BCUT2D eigenvalue weighted by atomic mass is 32.2. The number of nitrogens with zero attached hydrogens (tertiary/aromatic N) is 3. The molecule has 1 atom stereocenters. The van der Waals surface area contributed by atoms with Gasteiger partial charge in [-0.3, -0.25) is 4.79 Å². The highest BCUT2D eigenvalue weighted by Gasteiger charge is 2.22. The largest absolute Gasteiger partial charge is 0.352 e. The van der Waals surface area contributed by atoms with Crippen LogP contribution >= 0.6 is 11.8 Å². The Hall–Kier alpha value is -1.82. The lowest BCUT2D eigenvalue weighted by Crippen LogP contribution is -2.39. The molecule has 0 saturated heterocycles. The number of hydrogen-bond donors (Lipinski definition) is 1. The Kier molecular flexibility index (Phi) is 7.04. The number of rotatable bonds is 5. The molecule has 1 aromatic heterocycles. The zero-order valence-corrected chi connectivity index (χ0v) is 19.2. The van der Waals surface area contributed by atoms with E-state index in [-0.39, 0.29) is 16.6 Å². The van der Waals surface area contributed by atoms with Crippen molar-refractivity contribution in [2.75, 3.05) is 0 Å². The van der Waals surface area contributed by atoms with Gasteiger partial charge >= 0.3 is 0 Å². The predicted octanol–water partition coefficient (Wildman–Crippen LogP) is 5.10. The number of benzene rings is 1. The lowest BCUT2D eigenvalue weighted by atomic mass is 9.87. The van der Waals surface area contributed by atoms with Gasteiger partial charge in [0, 0.05) is 18.7 Å². The fourth-order valence-electron chi connectivity index (χ4n) is 3.74. The van der Waals surface area contributed by atoms with Crippen LogP contribution in [0.15, 0.2) is 29.4 Å². The minimum Gasteiger partial charge on any atom is -0.352 e. The number of carbonyl (C=O) groups is 1. The minimum atomic E-state index is -0.197. The van der Waals surface area contributed by atoms with E-state index in [0.717, 1.165) is 29.4 Å². The molecule has 1 fully saturated rings. The number of hydrogen-bond acceptors (Lipinski definition) is 4. The van der Waals surface area contributed by atoms with Gasteiger partial charge in [-0.25, -0.2) is 0 Å². The van der Waals surface area contributed by atoms with Crippen molar-refractivity contribution in [1.29, 1.82) is 0 Å². The van der Waals surface area contributed by atoms with Gasteiger partial charge in [-0.1, -0.05) is 82.5 Å². The number of thioether (sulfide) groups is 1. The van der Waals surface area contributed by atoms with Crippen LogP contribution < -0.4 is 5.32 Å². The second kappa shape index (κ2) is 9.33. The Morgan fingerprint density at radius 1 is 1.10 bits per heavy atom. The first kappa shape index (κ1) is 21.9. The number of amides is 1. The maximum absolute atomic E-state index is 12.7. The van der Waals surface area contributed by atoms with Crippen LogP contribution in [-0.2, 0) is 17.3 Å². The van der Waals surface area contributed by atoms with Crippen molar-refractivity contribution in [3.05, 3.63) is 29.8 Å². The van der Waals surface area contributed by atoms with Gasteiger partial charge < -0.3 is 9.88 Å².